The van der Waals surface area contributed by atoms with Gasteiger partial charge >= 0.3 is 0 Å². The van der Waals surface area contributed by atoms with Crippen molar-refractivity contribution in [2.45, 2.75) is 13.0 Å². The van der Waals surface area contributed by atoms with Gasteiger partial charge in [-0.2, -0.15) is 0 Å². The highest BCUT2D eigenvalue weighted by atomic mass is 35.5. The summed E-state index contributed by atoms with van der Waals surface area (Å²) in [5.74, 6) is 0.998. The molecule has 80 valence electrons. The molecule has 7 heteroatoms. The molecule has 5 nitrogen and oxygen atoms in total. The van der Waals surface area contributed by atoms with E-state index in [1.54, 1.807) is 12.4 Å². The molecule has 0 bridgehead atoms. The van der Waals surface area contributed by atoms with E-state index in [1.807, 2.05) is 0 Å². The Bertz CT molecular complexity index is 349. The van der Waals surface area contributed by atoms with Crippen LogP contribution in [0.4, 0.5) is 0 Å². The maximum absolute atomic E-state index is 11.3. The van der Waals surface area contributed by atoms with Crippen LogP contribution in [-0.2, 0) is 16.6 Å². The summed E-state index contributed by atoms with van der Waals surface area (Å²) in [5.41, 5.74) is 0. The fraction of sp³-hybridized carbons (Fsp3) is 0.571. The summed E-state index contributed by atoms with van der Waals surface area (Å²) in [6, 6.07) is 0. The summed E-state index contributed by atoms with van der Waals surface area (Å²) in [5, 5.41) is 0. The molecule has 14 heavy (non-hydrogen) atoms. The lowest BCUT2D eigenvalue weighted by Crippen LogP contribution is -2.26. The van der Waals surface area contributed by atoms with Crippen molar-refractivity contribution in [1.82, 2.24) is 14.7 Å². The number of aromatic nitrogens is 2. The largest absolute Gasteiger partial charge is 0.347 e. The Morgan fingerprint density at radius 1 is 1.57 bits per heavy atom. The highest BCUT2D eigenvalue weighted by Crippen LogP contribution is 1.94. The van der Waals surface area contributed by atoms with Crippen LogP contribution >= 0.6 is 11.6 Å². The molecule has 0 radical (unpaired) electrons. The topological polar surface area (TPSA) is 74.8 Å². The van der Waals surface area contributed by atoms with E-state index in [1.165, 1.54) is 0 Å². The Morgan fingerprint density at radius 3 is 2.93 bits per heavy atom. The van der Waals surface area contributed by atoms with Crippen molar-refractivity contribution >= 4 is 21.6 Å². The molecule has 0 atom stereocenters. The zero-order valence-corrected chi connectivity index (χ0v) is 9.11. The molecule has 1 aromatic rings. The number of imidazole rings is 1. The van der Waals surface area contributed by atoms with Gasteiger partial charge in [0, 0.05) is 18.3 Å². The van der Waals surface area contributed by atoms with Crippen LogP contribution in [0.3, 0.4) is 0 Å². The number of sulfonamides is 1. The number of halogens is 1. The van der Waals surface area contributed by atoms with Gasteiger partial charge in [-0.1, -0.05) is 0 Å². The van der Waals surface area contributed by atoms with Crippen molar-refractivity contribution in [2.75, 3.05) is 11.6 Å². The molecule has 2 N–H and O–H groups in total. The van der Waals surface area contributed by atoms with Crippen LogP contribution in [0, 0.1) is 0 Å². The molecule has 1 aromatic heterocycles. The molecule has 0 amide bonds. The highest BCUT2D eigenvalue weighted by Gasteiger charge is 2.09. The first-order chi connectivity index (χ1) is 6.64. The Kier molecular flexibility index (Phi) is 4.37. The highest BCUT2D eigenvalue weighted by molar-refractivity contribution is 7.89. The lowest BCUT2D eigenvalue weighted by Gasteiger charge is -2.03. The number of aromatic amines is 1. The van der Waals surface area contributed by atoms with Gasteiger partial charge in [0.2, 0.25) is 10.0 Å². The second kappa shape index (κ2) is 5.33. The molecule has 0 fully saturated rings. The molecule has 0 unspecified atom stereocenters. The lowest BCUT2D eigenvalue weighted by atomic mass is 10.6. The van der Waals surface area contributed by atoms with Gasteiger partial charge in [-0.05, 0) is 6.42 Å². The average molecular weight is 238 g/mol. The van der Waals surface area contributed by atoms with Gasteiger partial charge in [0.1, 0.15) is 5.82 Å². The molecule has 0 saturated heterocycles. The van der Waals surface area contributed by atoms with Gasteiger partial charge in [-0.25, -0.2) is 18.1 Å². The van der Waals surface area contributed by atoms with E-state index in [2.05, 4.69) is 14.7 Å². The number of nitrogens with zero attached hydrogens (tertiary/aromatic N) is 1. The smallest absolute Gasteiger partial charge is 0.212 e. The fourth-order valence-electron chi connectivity index (χ4n) is 0.890. The monoisotopic (exact) mass is 237 g/mol. The minimum atomic E-state index is -3.21. The Morgan fingerprint density at radius 2 is 2.36 bits per heavy atom. The third kappa shape index (κ3) is 4.08. The van der Waals surface area contributed by atoms with E-state index in [9.17, 15) is 8.42 Å². The molecule has 0 spiro atoms. The van der Waals surface area contributed by atoms with Crippen molar-refractivity contribution in [3.63, 3.8) is 0 Å². The Hall–Kier alpha value is -0.590. The number of H-pyrrole nitrogens is 1. The van der Waals surface area contributed by atoms with Crippen LogP contribution in [-0.4, -0.2) is 30.0 Å². The third-order valence-corrected chi connectivity index (χ3v) is 3.24. The van der Waals surface area contributed by atoms with Crippen LogP contribution in [0.15, 0.2) is 12.4 Å². The van der Waals surface area contributed by atoms with E-state index in [4.69, 9.17) is 11.6 Å². The number of rotatable bonds is 6. The lowest BCUT2D eigenvalue weighted by molar-refractivity contribution is 0.578. The second-order valence-electron chi connectivity index (χ2n) is 2.72. The van der Waals surface area contributed by atoms with Crippen molar-refractivity contribution in [1.29, 1.82) is 0 Å². The normalized spacial score (nSPS) is 11.8. The summed E-state index contributed by atoms with van der Waals surface area (Å²) in [6.45, 7) is 0.192. The first kappa shape index (κ1) is 11.5. The summed E-state index contributed by atoms with van der Waals surface area (Å²) in [4.78, 5) is 6.69. The average Bonchev–Trinajstić information content (AvgIpc) is 2.64. The van der Waals surface area contributed by atoms with Crippen molar-refractivity contribution in [3.05, 3.63) is 18.2 Å². The molecule has 0 saturated carbocycles. The molecular formula is C7H12ClN3O2S. The van der Waals surface area contributed by atoms with E-state index in [0.29, 0.717) is 18.1 Å². The predicted octanol–water partition coefficient (Wildman–Crippen LogP) is 0.458. The zero-order valence-electron chi connectivity index (χ0n) is 7.53. The van der Waals surface area contributed by atoms with Gasteiger partial charge in [0.15, 0.2) is 0 Å². The Balaban J connectivity index is 2.37. The van der Waals surface area contributed by atoms with E-state index < -0.39 is 10.0 Å². The minimum Gasteiger partial charge on any atom is -0.347 e. The first-order valence-electron chi connectivity index (χ1n) is 4.15. The maximum Gasteiger partial charge on any atom is 0.212 e. The van der Waals surface area contributed by atoms with Gasteiger partial charge in [-0.15, -0.1) is 11.6 Å². The summed E-state index contributed by atoms with van der Waals surface area (Å²) >= 11 is 5.40. The minimum absolute atomic E-state index is 0.0528. The van der Waals surface area contributed by atoms with E-state index >= 15 is 0 Å². The van der Waals surface area contributed by atoms with Crippen molar-refractivity contribution < 1.29 is 8.42 Å². The van der Waals surface area contributed by atoms with E-state index in [0.717, 1.165) is 0 Å². The van der Waals surface area contributed by atoms with Crippen LogP contribution in [0.1, 0.15) is 12.2 Å². The standard InChI is InChI=1S/C7H12ClN3O2S/c8-2-1-5-14(12,13)11-6-7-9-3-4-10-7/h3-4,11H,1-2,5-6H2,(H,9,10). The van der Waals surface area contributed by atoms with Crippen molar-refractivity contribution in [2.24, 2.45) is 0 Å². The third-order valence-electron chi connectivity index (χ3n) is 1.56. The maximum atomic E-state index is 11.3. The van der Waals surface area contributed by atoms with Crippen molar-refractivity contribution in [3.8, 4) is 0 Å². The summed E-state index contributed by atoms with van der Waals surface area (Å²) in [6.07, 6.45) is 3.67. The fourth-order valence-corrected chi connectivity index (χ4v) is 2.21. The molecule has 1 rings (SSSR count). The number of nitrogens with one attached hydrogen (secondary N) is 2. The second-order valence-corrected chi connectivity index (χ2v) is 5.02. The predicted molar refractivity (Wildman–Crippen MR) is 54.6 cm³/mol. The molecule has 0 aliphatic carbocycles. The van der Waals surface area contributed by atoms with Gasteiger partial charge in [0.25, 0.3) is 0 Å². The van der Waals surface area contributed by atoms with E-state index in [-0.39, 0.29) is 12.3 Å². The van der Waals surface area contributed by atoms with Crippen LogP contribution < -0.4 is 4.72 Å². The van der Waals surface area contributed by atoms with Gasteiger partial charge in [0.05, 0.1) is 12.3 Å². The number of hydrogen-bond acceptors (Lipinski definition) is 3. The van der Waals surface area contributed by atoms with Crippen LogP contribution in [0.2, 0.25) is 0 Å². The van der Waals surface area contributed by atoms with Gasteiger partial charge in [-0.3, -0.25) is 0 Å². The summed E-state index contributed by atoms with van der Waals surface area (Å²) < 4.78 is 25.0. The number of hydrogen-bond donors (Lipinski definition) is 2. The number of alkyl halides is 1. The molecule has 0 aromatic carbocycles. The zero-order chi connectivity index (χ0) is 10.4. The van der Waals surface area contributed by atoms with Crippen LogP contribution in [0.25, 0.3) is 0 Å². The van der Waals surface area contributed by atoms with Crippen LogP contribution in [0.5, 0.6) is 0 Å². The molecule has 0 aliphatic heterocycles. The SMILES string of the molecule is O=S(=O)(CCCCl)NCc1ncc[nH]1. The molecular weight excluding hydrogens is 226 g/mol. The first-order valence-corrected chi connectivity index (χ1v) is 6.34. The Labute approximate surface area is 87.9 Å². The molecule has 0 aliphatic rings. The van der Waals surface area contributed by atoms with Gasteiger partial charge < -0.3 is 4.98 Å². The molecule has 1 heterocycles. The quantitative estimate of drug-likeness (QED) is 0.706. The summed E-state index contributed by atoms with van der Waals surface area (Å²) in [7, 11) is -3.21.